The molecule has 0 aromatic heterocycles. The van der Waals surface area contributed by atoms with Gasteiger partial charge in [-0.2, -0.15) is 0 Å². The number of carbonyl (C=O) groups is 1. The Morgan fingerprint density at radius 1 is 1.09 bits per heavy atom. The second-order valence-electron chi connectivity index (χ2n) is 5.17. The van der Waals surface area contributed by atoms with Crippen molar-refractivity contribution in [3.05, 3.63) is 58.6 Å². The SMILES string of the molecule is COCCCNc1ccc(NC(=O)Cc2ccccc2Br)cc1. The summed E-state index contributed by atoms with van der Waals surface area (Å²) in [4.78, 5) is 12.1. The summed E-state index contributed by atoms with van der Waals surface area (Å²) in [6.45, 7) is 1.61. The van der Waals surface area contributed by atoms with Gasteiger partial charge in [-0.25, -0.2) is 0 Å². The van der Waals surface area contributed by atoms with Crippen molar-refractivity contribution in [1.82, 2.24) is 0 Å². The highest BCUT2D eigenvalue weighted by Gasteiger charge is 2.06. The van der Waals surface area contributed by atoms with Gasteiger partial charge in [0.25, 0.3) is 0 Å². The Hall–Kier alpha value is -1.85. The maximum Gasteiger partial charge on any atom is 0.228 e. The third-order valence-electron chi connectivity index (χ3n) is 3.33. The first-order chi connectivity index (χ1) is 11.2. The molecule has 5 heteroatoms. The Labute approximate surface area is 145 Å². The van der Waals surface area contributed by atoms with Gasteiger partial charge in [-0.3, -0.25) is 4.79 Å². The van der Waals surface area contributed by atoms with Gasteiger partial charge in [0.1, 0.15) is 0 Å². The Morgan fingerprint density at radius 3 is 2.48 bits per heavy atom. The van der Waals surface area contributed by atoms with Gasteiger partial charge >= 0.3 is 0 Å². The van der Waals surface area contributed by atoms with Gasteiger partial charge in [-0.1, -0.05) is 34.1 Å². The average Bonchev–Trinajstić information content (AvgIpc) is 2.55. The van der Waals surface area contributed by atoms with Gasteiger partial charge in [-0.05, 0) is 42.3 Å². The topological polar surface area (TPSA) is 50.4 Å². The summed E-state index contributed by atoms with van der Waals surface area (Å²) in [5.41, 5.74) is 2.80. The molecule has 0 aliphatic carbocycles. The highest BCUT2D eigenvalue weighted by Crippen LogP contribution is 2.18. The minimum Gasteiger partial charge on any atom is -0.385 e. The molecule has 0 aliphatic rings. The summed E-state index contributed by atoms with van der Waals surface area (Å²) in [6.07, 6.45) is 1.30. The van der Waals surface area contributed by atoms with Crippen LogP contribution in [0.4, 0.5) is 11.4 Å². The number of hydrogen-bond acceptors (Lipinski definition) is 3. The quantitative estimate of drug-likeness (QED) is 0.682. The van der Waals surface area contributed by atoms with Crippen molar-refractivity contribution in [3.63, 3.8) is 0 Å². The fourth-order valence-corrected chi connectivity index (χ4v) is 2.57. The van der Waals surface area contributed by atoms with Gasteiger partial charge < -0.3 is 15.4 Å². The first kappa shape index (κ1) is 17.5. The third kappa shape index (κ3) is 6.04. The zero-order valence-electron chi connectivity index (χ0n) is 13.1. The third-order valence-corrected chi connectivity index (χ3v) is 4.11. The van der Waals surface area contributed by atoms with Crippen LogP contribution in [0.25, 0.3) is 0 Å². The average molecular weight is 377 g/mol. The van der Waals surface area contributed by atoms with Crippen LogP contribution in [0, 0.1) is 0 Å². The van der Waals surface area contributed by atoms with Crippen LogP contribution in [0.3, 0.4) is 0 Å². The van der Waals surface area contributed by atoms with E-state index in [1.54, 1.807) is 7.11 Å². The monoisotopic (exact) mass is 376 g/mol. The first-order valence-electron chi connectivity index (χ1n) is 7.55. The molecule has 0 saturated heterocycles. The van der Waals surface area contributed by atoms with Crippen LogP contribution in [0.15, 0.2) is 53.0 Å². The maximum atomic E-state index is 12.1. The van der Waals surface area contributed by atoms with Gasteiger partial charge in [-0.15, -0.1) is 0 Å². The van der Waals surface area contributed by atoms with Crippen molar-refractivity contribution in [2.75, 3.05) is 30.9 Å². The molecule has 0 radical (unpaired) electrons. The van der Waals surface area contributed by atoms with Crippen LogP contribution in [-0.2, 0) is 16.0 Å². The van der Waals surface area contributed by atoms with E-state index in [-0.39, 0.29) is 5.91 Å². The minimum absolute atomic E-state index is 0.0299. The summed E-state index contributed by atoms with van der Waals surface area (Å²) in [7, 11) is 1.70. The molecule has 0 spiro atoms. The van der Waals surface area contributed by atoms with Crippen molar-refractivity contribution >= 4 is 33.2 Å². The molecule has 122 valence electrons. The molecule has 0 aliphatic heterocycles. The van der Waals surface area contributed by atoms with E-state index in [1.165, 1.54) is 0 Å². The molecular weight excluding hydrogens is 356 g/mol. The number of carbonyl (C=O) groups excluding carboxylic acids is 1. The maximum absolute atomic E-state index is 12.1. The van der Waals surface area contributed by atoms with Gasteiger partial charge in [0.15, 0.2) is 0 Å². The number of anilines is 2. The van der Waals surface area contributed by atoms with E-state index < -0.39 is 0 Å². The van der Waals surface area contributed by atoms with Crippen LogP contribution in [0.2, 0.25) is 0 Å². The molecule has 0 bridgehead atoms. The summed E-state index contributed by atoms with van der Waals surface area (Å²) in [5.74, 6) is -0.0299. The van der Waals surface area contributed by atoms with E-state index >= 15 is 0 Å². The number of hydrogen-bond donors (Lipinski definition) is 2. The molecule has 0 saturated carbocycles. The van der Waals surface area contributed by atoms with E-state index in [0.717, 1.165) is 41.0 Å². The van der Waals surface area contributed by atoms with Crippen molar-refractivity contribution in [3.8, 4) is 0 Å². The standard InChI is InChI=1S/C18H21BrN2O2/c1-23-12-4-11-20-15-7-9-16(10-8-15)21-18(22)13-14-5-2-3-6-17(14)19/h2-3,5-10,20H,4,11-13H2,1H3,(H,21,22). The zero-order valence-corrected chi connectivity index (χ0v) is 14.7. The van der Waals surface area contributed by atoms with Gasteiger partial charge in [0.05, 0.1) is 6.42 Å². The highest BCUT2D eigenvalue weighted by molar-refractivity contribution is 9.10. The van der Waals surface area contributed by atoms with Gasteiger partial charge in [0.2, 0.25) is 5.91 Å². The fourth-order valence-electron chi connectivity index (χ4n) is 2.14. The van der Waals surface area contributed by atoms with Crippen LogP contribution < -0.4 is 10.6 Å². The van der Waals surface area contributed by atoms with Crippen LogP contribution in [0.5, 0.6) is 0 Å². The van der Waals surface area contributed by atoms with Crippen LogP contribution in [-0.4, -0.2) is 26.2 Å². The molecule has 2 N–H and O–H groups in total. The van der Waals surface area contributed by atoms with E-state index in [2.05, 4.69) is 26.6 Å². The number of benzene rings is 2. The number of methoxy groups -OCH3 is 1. The predicted octanol–water partition coefficient (Wildman–Crippen LogP) is 4.08. The molecule has 0 fully saturated rings. The highest BCUT2D eigenvalue weighted by atomic mass is 79.9. The molecule has 1 amide bonds. The van der Waals surface area contributed by atoms with Crippen molar-refractivity contribution in [2.45, 2.75) is 12.8 Å². The number of amides is 1. The lowest BCUT2D eigenvalue weighted by molar-refractivity contribution is -0.115. The molecule has 4 nitrogen and oxygen atoms in total. The zero-order chi connectivity index (χ0) is 16.5. The normalized spacial score (nSPS) is 10.3. The molecular formula is C18H21BrN2O2. The molecule has 0 heterocycles. The van der Waals surface area contributed by atoms with Crippen molar-refractivity contribution in [2.24, 2.45) is 0 Å². The number of nitrogens with one attached hydrogen (secondary N) is 2. The van der Waals surface area contributed by atoms with Crippen molar-refractivity contribution in [1.29, 1.82) is 0 Å². The number of halogens is 1. The van der Waals surface area contributed by atoms with E-state index in [9.17, 15) is 4.79 Å². The van der Waals surface area contributed by atoms with E-state index in [0.29, 0.717) is 6.42 Å². The fraction of sp³-hybridized carbons (Fsp3) is 0.278. The van der Waals surface area contributed by atoms with E-state index in [4.69, 9.17) is 4.74 Å². The van der Waals surface area contributed by atoms with Gasteiger partial charge in [0, 0.05) is 36.1 Å². The largest absolute Gasteiger partial charge is 0.385 e. The summed E-state index contributed by atoms with van der Waals surface area (Å²) < 4.78 is 5.96. The van der Waals surface area contributed by atoms with Crippen LogP contribution >= 0.6 is 15.9 Å². The smallest absolute Gasteiger partial charge is 0.228 e. The molecule has 0 unspecified atom stereocenters. The Bertz CT molecular complexity index is 629. The first-order valence-corrected chi connectivity index (χ1v) is 8.34. The lowest BCUT2D eigenvalue weighted by Crippen LogP contribution is -2.14. The Kier molecular flexibility index (Phi) is 7.10. The summed E-state index contributed by atoms with van der Waals surface area (Å²) in [6, 6.07) is 15.5. The Balaban J connectivity index is 1.83. The molecule has 2 aromatic carbocycles. The number of rotatable bonds is 8. The molecule has 23 heavy (non-hydrogen) atoms. The van der Waals surface area contributed by atoms with E-state index in [1.807, 2.05) is 48.5 Å². The summed E-state index contributed by atoms with van der Waals surface area (Å²) >= 11 is 3.46. The molecule has 0 atom stereocenters. The summed E-state index contributed by atoms with van der Waals surface area (Å²) in [5, 5.41) is 6.22. The lowest BCUT2D eigenvalue weighted by atomic mass is 10.1. The number of ether oxygens (including phenoxy) is 1. The Morgan fingerprint density at radius 2 is 1.78 bits per heavy atom. The second-order valence-corrected chi connectivity index (χ2v) is 6.02. The second kappa shape index (κ2) is 9.33. The van der Waals surface area contributed by atoms with Crippen LogP contribution in [0.1, 0.15) is 12.0 Å². The molecule has 2 rings (SSSR count). The lowest BCUT2D eigenvalue weighted by Gasteiger charge is -2.09. The van der Waals surface area contributed by atoms with Crippen molar-refractivity contribution < 1.29 is 9.53 Å². The molecule has 2 aromatic rings. The predicted molar refractivity (Wildman–Crippen MR) is 97.9 cm³/mol. The minimum atomic E-state index is -0.0299.